The van der Waals surface area contributed by atoms with E-state index in [0.717, 1.165) is 19.6 Å². The molecule has 1 saturated heterocycles. The molecule has 0 spiro atoms. The predicted octanol–water partition coefficient (Wildman–Crippen LogP) is -1.00. The van der Waals surface area contributed by atoms with E-state index < -0.39 is 0 Å². The van der Waals surface area contributed by atoms with E-state index in [1.54, 1.807) is 7.05 Å². The lowest BCUT2D eigenvalue weighted by Crippen LogP contribution is -2.44. The number of piperazine rings is 1. The molecule has 0 amide bonds. The molecule has 1 aliphatic rings. The Hall–Kier alpha value is -1.27. The van der Waals surface area contributed by atoms with E-state index in [9.17, 15) is 9.90 Å². The number of H-pyrrole nitrogens is 1. The zero-order valence-corrected chi connectivity index (χ0v) is 8.95. The Balaban J connectivity index is 2.32. The lowest BCUT2D eigenvalue weighted by Gasteiger charge is -2.29. The van der Waals surface area contributed by atoms with Crippen molar-refractivity contribution in [2.75, 3.05) is 26.7 Å². The first kappa shape index (κ1) is 10.3. The van der Waals surface area contributed by atoms with Crippen molar-refractivity contribution in [2.24, 2.45) is 7.05 Å². The summed E-state index contributed by atoms with van der Waals surface area (Å²) in [7, 11) is 3.62. The van der Waals surface area contributed by atoms with Crippen molar-refractivity contribution in [3.8, 4) is 5.88 Å². The van der Waals surface area contributed by atoms with Gasteiger partial charge < -0.3 is 15.3 Å². The second-order valence-corrected chi connectivity index (χ2v) is 4.01. The minimum Gasteiger partial charge on any atom is -0.493 e. The highest BCUT2D eigenvalue weighted by atomic mass is 16.3. The summed E-state index contributed by atoms with van der Waals surface area (Å²) in [6.07, 6.45) is 0. The van der Waals surface area contributed by atoms with Crippen LogP contribution in [0.3, 0.4) is 0 Å². The van der Waals surface area contributed by atoms with Crippen LogP contribution in [-0.2, 0) is 7.05 Å². The fourth-order valence-corrected chi connectivity index (χ4v) is 1.95. The van der Waals surface area contributed by atoms with Crippen molar-refractivity contribution < 1.29 is 5.11 Å². The zero-order chi connectivity index (χ0) is 11.0. The molecule has 84 valence electrons. The Morgan fingerprint density at radius 1 is 1.47 bits per heavy atom. The van der Waals surface area contributed by atoms with Gasteiger partial charge in [0.2, 0.25) is 5.88 Å². The van der Waals surface area contributed by atoms with Gasteiger partial charge in [-0.1, -0.05) is 0 Å². The van der Waals surface area contributed by atoms with E-state index in [-0.39, 0.29) is 17.5 Å². The van der Waals surface area contributed by atoms with E-state index in [0.29, 0.717) is 5.56 Å². The molecule has 0 aliphatic carbocycles. The van der Waals surface area contributed by atoms with Gasteiger partial charge in [0.25, 0.3) is 5.56 Å². The first-order chi connectivity index (χ1) is 7.09. The van der Waals surface area contributed by atoms with Crippen molar-refractivity contribution in [3.63, 3.8) is 0 Å². The molecule has 1 aromatic rings. The molecule has 2 rings (SSSR count). The number of aryl methyl sites for hydroxylation is 1. The molecule has 1 aromatic heterocycles. The number of hydrogen-bond donors (Lipinski definition) is 3. The van der Waals surface area contributed by atoms with Gasteiger partial charge >= 0.3 is 0 Å². The molecule has 1 fully saturated rings. The Bertz CT molecular complexity index is 409. The van der Waals surface area contributed by atoms with E-state index in [1.807, 2.05) is 7.05 Å². The van der Waals surface area contributed by atoms with Gasteiger partial charge in [-0.3, -0.25) is 14.6 Å². The summed E-state index contributed by atoms with van der Waals surface area (Å²) in [5, 5.41) is 15.5. The van der Waals surface area contributed by atoms with Gasteiger partial charge in [0, 0.05) is 26.7 Å². The monoisotopic (exact) mass is 212 g/mol. The van der Waals surface area contributed by atoms with E-state index in [1.165, 1.54) is 4.68 Å². The van der Waals surface area contributed by atoms with Gasteiger partial charge in [-0.15, -0.1) is 0 Å². The number of rotatable bonds is 1. The molecular formula is C9H16N4O2. The third-order valence-electron chi connectivity index (χ3n) is 2.80. The summed E-state index contributed by atoms with van der Waals surface area (Å²) in [6.45, 7) is 2.53. The maximum Gasteiger partial charge on any atom is 0.272 e. The second-order valence-electron chi connectivity index (χ2n) is 4.01. The molecule has 6 nitrogen and oxygen atoms in total. The van der Waals surface area contributed by atoms with Crippen LogP contribution >= 0.6 is 0 Å². The maximum atomic E-state index is 11.6. The van der Waals surface area contributed by atoms with Crippen LogP contribution in [-0.4, -0.2) is 46.5 Å². The summed E-state index contributed by atoms with van der Waals surface area (Å²) in [5.41, 5.74) is 0.215. The van der Waals surface area contributed by atoms with Gasteiger partial charge in [0.05, 0.1) is 11.6 Å². The Kier molecular flexibility index (Phi) is 2.54. The van der Waals surface area contributed by atoms with Crippen LogP contribution < -0.4 is 10.9 Å². The van der Waals surface area contributed by atoms with E-state index >= 15 is 0 Å². The summed E-state index contributed by atoms with van der Waals surface area (Å²) < 4.78 is 1.34. The molecule has 1 atom stereocenters. The van der Waals surface area contributed by atoms with Crippen LogP contribution in [0.1, 0.15) is 11.6 Å². The van der Waals surface area contributed by atoms with Crippen molar-refractivity contribution >= 4 is 0 Å². The van der Waals surface area contributed by atoms with Crippen LogP contribution in [0.15, 0.2) is 4.79 Å². The summed E-state index contributed by atoms with van der Waals surface area (Å²) in [4.78, 5) is 13.7. The van der Waals surface area contributed by atoms with Crippen LogP contribution in [0.2, 0.25) is 0 Å². The predicted molar refractivity (Wildman–Crippen MR) is 55.9 cm³/mol. The molecule has 15 heavy (non-hydrogen) atoms. The van der Waals surface area contributed by atoms with Gasteiger partial charge in [-0.05, 0) is 7.05 Å². The van der Waals surface area contributed by atoms with Crippen LogP contribution in [0.25, 0.3) is 0 Å². The third-order valence-corrected chi connectivity index (χ3v) is 2.80. The fourth-order valence-electron chi connectivity index (χ4n) is 1.95. The van der Waals surface area contributed by atoms with Gasteiger partial charge in [0.15, 0.2) is 0 Å². The van der Waals surface area contributed by atoms with E-state index in [4.69, 9.17) is 0 Å². The van der Waals surface area contributed by atoms with Crippen molar-refractivity contribution in [2.45, 2.75) is 6.04 Å². The Labute approximate surface area is 87.5 Å². The van der Waals surface area contributed by atoms with Crippen molar-refractivity contribution in [3.05, 3.63) is 15.9 Å². The highest BCUT2D eigenvalue weighted by Gasteiger charge is 2.25. The molecule has 0 aromatic carbocycles. The number of nitrogens with one attached hydrogen (secondary N) is 2. The highest BCUT2D eigenvalue weighted by Crippen LogP contribution is 2.21. The first-order valence-electron chi connectivity index (χ1n) is 4.99. The third kappa shape index (κ3) is 1.78. The van der Waals surface area contributed by atoms with Crippen molar-refractivity contribution in [1.29, 1.82) is 0 Å². The molecule has 6 heteroatoms. The second kappa shape index (κ2) is 3.71. The number of aromatic amines is 1. The standard InChI is InChI=1S/C9H16N4O2/c1-12-4-3-10-6(5-12)7-8(14)11-13(2)9(7)15/h6,10,15H,3-5H2,1-2H3,(H,11,14). The fraction of sp³-hybridized carbons (Fsp3) is 0.667. The molecule has 1 aliphatic heterocycles. The molecule has 1 unspecified atom stereocenters. The molecule has 2 heterocycles. The van der Waals surface area contributed by atoms with Gasteiger partial charge in [0.1, 0.15) is 0 Å². The summed E-state index contributed by atoms with van der Waals surface area (Å²) >= 11 is 0. The zero-order valence-electron chi connectivity index (χ0n) is 8.95. The SMILES string of the molecule is CN1CCNC(c2c(O)n(C)[nH]c2=O)C1. The number of aromatic nitrogens is 2. The maximum absolute atomic E-state index is 11.6. The van der Waals surface area contributed by atoms with E-state index in [2.05, 4.69) is 15.3 Å². The molecule has 3 N–H and O–H groups in total. The molecular weight excluding hydrogens is 196 g/mol. The Morgan fingerprint density at radius 2 is 2.20 bits per heavy atom. The molecule has 0 bridgehead atoms. The molecule has 0 saturated carbocycles. The quantitative estimate of drug-likeness (QED) is 0.558. The van der Waals surface area contributed by atoms with Gasteiger partial charge in [-0.25, -0.2) is 0 Å². The number of hydrogen-bond acceptors (Lipinski definition) is 4. The number of aromatic hydroxyl groups is 1. The average molecular weight is 212 g/mol. The van der Waals surface area contributed by atoms with Crippen LogP contribution in [0, 0.1) is 0 Å². The Morgan fingerprint density at radius 3 is 2.73 bits per heavy atom. The first-order valence-corrected chi connectivity index (χ1v) is 4.99. The smallest absolute Gasteiger partial charge is 0.272 e. The minimum absolute atomic E-state index is 0.0211. The summed E-state index contributed by atoms with van der Waals surface area (Å²) in [5.74, 6) is 0.0211. The average Bonchev–Trinajstić information content (AvgIpc) is 2.41. The lowest BCUT2D eigenvalue weighted by molar-refractivity contribution is 0.237. The van der Waals surface area contributed by atoms with Crippen LogP contribution in [0.5, 0.6) is 5.88 Å². The number of likely N-dealkylation sites (N-methyl/N-ethyl adjacent to an activating group) is 1. The highest BCUT2D eigenvalue weighted by molar-refractivity contribution is 5.27. The van der Waals surface area contributed by atoms with Crippen molar-refractivity contribution in [1.82, 2.24) is 20.0 Å². The summed E-state index contributed by atoms with van der Waals surface area (Å²) in [6, 6.07) is -0.0892. The normalized spacial score (nSPS) is 23.2. The van der Waals surface area contributed by atoms with Crippen LogP contribution in [0.4, 0.5) is 0 Å². The lowest BCUT2D eigenvalue weighted by atomic mass is 10.1. The topological polar surface area (TPSA) is 73.3 Å². The minimum atomic E-state index is -0.220. The number of nitrogens with zero attached hydrogens (tertiary/aromatic N) is 2. The molecule has 0 radical (unpaired) electrons. The largest absolute Gasteiger partial charge is 0.493 e. The van der Waals surface area contributed by atoms with Gasteiger partial charge in [-0.2, -0.15) is 0 Å².